The summed E-state index contributed by atoms with van der Waals surface area (Å²) in [4.78, 5) is 28.5. The van der Waals surface area contributed by atoms with E-state index >= 15 is 0 Å². The van der Waals surface area contributed by atoms with Crippen LogP contribution in [0.25, 0.3) is 10.8 Å². The van der Waals surface area contributed by atoms with E-state index in [4.69, 9.17) is 4.74 Å². The second-order valence-corrected chi connectivity index (χ2v) is 6.61. The van der Waals surface area contributed by atoms with Gasteiger partial charge < -0.3 is 15.4 Å². The number of hydrogen-bond acceptors (Lipinski definition) is 5. The number of benzene rings is 2. The minimum absolute atomic E-state index is 0.323. The summed E-state index contributed by atoms with van der Waals surface area (Å²) in [7, 11) is 1.62. The van der Waals surface area contributed by atoms with E-state index in [1.807, 2.05) is 24.3 Å². The zero-order chi connectivity index (χ0) is 20.9. The second-order valence-electron chi connectivity index (χ2n) is 6.61. The molecule has 0 fully saturated rings. The van der Waals surface area contributed by atoms with E-state index in [1.54, 1.807) is 49.8 Å². The lowest BCUT2D eigenvalue weighted by Gasteiger charge is -2.10. The molecule has 0 unspecified atom stereocenters. The summed E-state index contributed by atoms with van der Waals surface area (Å²) in [6, 6.07) is 15.9. The van der Waals surface area contributed by atoms with Crippen LogP contribution >= 0.6 is 0 Å². The first-order valence-corrected chi connectivity index (χ1v) is 9.24. The molecule has 150 valence electrons. The fourth-order valence-corrected chi connectivity index (χ4v) is 3.14. The lowest BCUT2D eigenvalue weighted by atomic mass is 10.0. The zero-order valence-electron chi connectivity index (χ0n) is 16.2. The fourth-order valence-electron chi connectivity index (χ4n) is 3.14. The van der Waals surface area contributed by atoms with Crippen molar-refractivity contribution in [3.63, 3.8) is 0 Å². The predicted octanol–water partition coefficient (Wildman–Crippen LogP) is 3.56. The van der Waals surface area contributed by atoms with Gasteiger partial charge >= 0.3 is 6.03 Å². The molecule has 30 heavy (non-hydrogen) atoms. The van der Waals surface area contributed by atoms with Crippen molar-refractivity contribution in [1.29, 1.82) is 0 Å². The highest BCUT2D eigenvalue weighted by Crippen LogP contribution is 2.22. The number of fused-ring (bicyclic) bond motifs is 1. The van der Waals surface area contributed by atoms with Gasteiger partial charge in [0.05, 0.1) is 30.1 Å². The number of ether oxygens (including phenoxy) is 1. The third-order valence-corrected chi connectivity index (χ3v) is 4.55. The molecule has 2 amide bonds. The van der Waals surface area contributed by atoms with Crippen LogP contribution in [-0.4, -0.2) is 28.3 Å². The number of aromatic nitrogens is 3. The van der Waals surface area contributed by atoms with Crippen molar-refractivity contribution in [3.05, 3.63) is 88.6 Å². The van der Waals surface area contributed by atoms with E-state index in [1.165, 1.54) is 0 Å². The van der Waals surface area contributed by atoms with Crippen molar-refractivity contribution in [2.45, 2.75) is 6.42 Å². The maximum atomic E-state index is 12.3. The highest BCUT2D eigenvalue weighted by molar-refractivity contribution is 6.01. The highest BCUT2D eigenvalue weighted by atomic mass is 16.5. The normalized spacial score (nSPS) is 10.6. The number of nitrogens with zero attached hydrogens (tertiary/aromatic N) is 2. The Kier molecular flexibility index (Phi) is 5.38. The van der Waals surface area contributed by atoms with Crippen LogP contribution in [0.15, 0.2) is 71.8 Å². The average Bonchev–Trinajstić information content (AvgIpc) is 2.76. The number of carbonyl (C=O) groups is 1. The third kappa shape index (κ3) is 4.27. The van der Waals surface area contributed by atoms with Crippen molar-refractivity contribution in [1.82, 2.24) is 15.2 Å². The Morgan fingerprint density at radius 3 is 2.70 bits per heavy atom. The van der Waals surface area contributed by atoms with Crippen LogP contribution in [0, 0.1) is 0 Å². The van der Waals surface area contributed by atoms with Gasteiger partial charge in [-0.15, -0.1) is 0 Å². The molecule has 8 heteroatoms. The van der Waals surface area contributed by atoms with Crippen LogP contribution in [0.4, 0.5) is 16.2 Å². The number of aromatic amines is 1. The number of nitrogens with one attached hydrogen (secondary N) is 3. The van der Waals surface area contributed by atoms with Crippen LogP contribution in [0.3, 0.4) is 0 Å². The van der Waals surface area contributed by atoms with Crippen LogP contribution in [-0.2, 0) is 6.42 Å². The van der Waals surface area contributed by atoms with E-state index in [-0.39, 0.29) is 5.56 Å². The number of methoxy groups -OCH3 is 1. The van der Waals surface area contributed by atoms with Crippen LogP contribution in [0.5, 0.6) is 5.75 Å². The van der Waals surface area contributed by atoms with Crippen molar-refractivity contribution in [2.75, 3.05) is 17.7 Å². The van der Waals surface area contributed by atoms with Crippen LogP contribution < -0.4 is 20.9 Å². The van der Waals surface area contributed by atoms with Gasteiger partial charge in [0.25, 0.3) is 5.56 Å². The number of amides is 2. The van der Waals surface area contributed by atoms with Gasteiger partial charge in [-0.25, -0.2) is 9.89 Å². The lowest BCUT2D eigenvalue weighted by Crippen LogP contribution is -2.20. The Hall–Kier alpha value is -4.20. The molecular formula is C22H19N5O3. The fraction of sp³-hybridized carbons (Fsp3) is 0.0909. The smallest absolute Gasteiger partial charge is 0.323 e. The van der Waals surface area contributed by atoms with Gasteiger partial charge in [0.15, 0.2) is 0 Å². The quantitative estimate of drug-likeness (QED) is 0.474. The lowest BCUT2D eigenvalue weighted by molar-refractivity contribution is 0.262. The number of anilines is 2. The minimum Gasteiger partial charge on any atom is -0.497 e. The van der Waals surface area contributed by atoms with Crippen molar-refractivity contribution < 1.29 is 9.53 Å². The number of carbonyl (C=O) groups excluding carboxylic acids is 1. The molecule has 0 aliphatic rings. The summed E-state index contributed by atoms with van der Waals surface area (Å²) in [6.07, 6.45) is 3.69. The van der Waals surface area contributed by atoms with E-state index < -0.39 is 6.03 Å². The average molecular weight is 401 g/mol. The molecule has 2 heterocycles. The first kappa shape index (κ1) is 19.1. The predicted molar refractivity (Wildman–Crippen MR) is 115 cm³/mol. The van der Waals surface area contributed by atoms with E-state index in [0.717, 1.165) is 22.4 Å². The summed E-state index contributed by atoms with van der Waals surface area (Å²) in [5.41, 5.74) is 2.47. The third-order valence-electron chi connectivity index (χ3n) is 4.55. The Labute approximate surface area is 171 Å². The van der Waals surface area contributed by atoms with Gasteiger partial charge in [0.2, 0.25) is 0 Å². The van der Waals surface area contributed by atoms with E-state index in [9.17, 15) is 9.59 Å². The monoisotopic (exact) mass is 401 g/mol. The molecule has 0 aliphatic carbocycles. The molecule has 0 spiro atoms. The van der Waals surface area contributed by atoms with Gasteiger partial charge in [0, 0.05) is 23.7 Å². The molecule has 0 atom stereocenters. The first-order chi connectivity index (χ1) is 14.6. The van der Waals surface area contributed by atoms with Crippen LogP contribution in [0.2, 0.25) is 0 Å². The molecule has 0 bridgehead atoms. The van der Waals surface area contributed by atoms with E-state index in [0.29, 0.717) is 23.2 Å². The topological polar surface area (TPSA) is 109 Å². The molecule has 0 radical (unpaired) electrons. The zero-order valence-corrected chi connectivity index (χ0v) is 16.2. The summed E-state index contributed by atoms with van der Waals surface area (Å²) >= 11 is 0. The molecule has 2 aromatic heterocycles. The number of hydrogen-bond donors (Lipinski definition) is 3. The van der Waals surface area contributed by atoms with Gasteiger partial charge in [-0.2, -0.15) is 5.10 Å². The molecule has 0 aliphatic heterocycles. The Morgan fingerprint density at radius 2 is 1.90 bits per heavy atom. The largest absolute Gasteiger partial charge is 0.497 e. The van der Waals surface area contributed by atoms with Crippen LogP contribution in [0.1, 0.15) is 11.3 Å². The molecule has 2 aromatic carbocycles. The molecule has 0 saturated heterocycles. The molecule has 8 nitrogen and oxygen atoms in total. The molecule has 3 N–H and O–H groups in total. The van der Waals surface area contributed by atoms with E-state index in [2.05, 4.69) is 25.8 Å². The Balaban J connectivity index is 1.59. The minimum atomic E-state index is -0.426. The standard InChI is InChI=1S/C22H19N5O3/c1-30-17-6-2-4-14(10-17)11-20-18-8-7-15(12-19(18)21(28)27-26-20)24-22(29)25-16-5-3-9-23-13-16/h2-10,12-13H,11H2,1H3,(H,27,28)(H2,24,25,29). The molecule has 0 saturated carbocycles. The highest BCUT2D eigenvalue weighted by Gasteiger charge is 2.10. The maximum Gasteiger partial charge on any atom is 0.323 e. The van der Waals surface area contributed by atoms with Crippen molar-refractivity contribution in [2.24, 2.45) is 0 Å². The maximum absolute atomic E-state index is 12.3. The summed E-state index contributed by atoms with van der Waals surface area (Å²) < 4.78 is 5.27. The molecule has 4 aromatic rings. The molecular weight excluding hydrogens is 382 g/mol. The summed E-state index contributed by atoms with van der Waals surface area (Å²) in [5, 5.41) is 13.3. The van der Waals surface area contributed by atoms with Gasteiger partial charge in [-0.1, -0.05) is 18.2 Å². The SMILES string of the molecule is COc1cccc(Cc2n[nH]c(=O)c3cc(NC(=O)Nc4cccnc4)ccc23)c1. The van der Waals surface area contributed by atoms with Gasteiger partial charge in [-0.3, -0.25) is 9.78 Å². The Morgan fingerprint density at radius 1 is 1.03 bits per heavy atom. The summed E-state index contributed by atoms with van der Waals surface area (Å²) in [6.45, 7) is 0. The Bertz CT molecular complexity index is 1250. The first-order valence-electron chi connectivity index (χ1n) is 9.24. The number of H-pyrrole nitrogens is 1. The number of rotatable bonds is 5. The number of pyridine rings is 1. The number of urea groups is 1. The van der Waals surface area contributed by atoms with Gasteiger partial charge in [-0.05, 0) is 42.0 Å². The van der Waals surface area contributed by atoms with Crippen molar-refractivity contribution >= 4 is 28.2 Å². The molecule has 4 rings (SSSR count). The van der Waals surface area contributed by atoms with Gasteiger partial charge in [0.1, 0.15) is 5.75 Å². The second kappa shape index (κ2) is 8.44. The summed E-state index contributed by atoms with van der Waals surface area (Å²) in [5.74, 6) is 0.757. The van der Waals surface area contributed by atoms with Crippen molar-refractivity contribution in [3.8, 4) is 5.75 Å².